The molecule has 4 rings (SSSR count). The minimum absolute atomic E-state index is 0.134. The smallest absolute Gasteiger partial charge is 0.260 e. The van der Waals surface area contributed by atoms with E-state index in [0.717, 1.165) is 24.3 Å². The number of halogens is 2. The molecular weight excluding hydrogens is 423 g/mol. The summed E-state index contributed by atoms with van der Waals surface area (Å²) >= 11 is 12.4. The van der Waals surface area contributed by atoms with E-state index in [-0.39, 0.29) is 5.91 Å². The number of anilines is 1. The number of likely N-dealkylation sites (tertiary alicyclic amines) is 1. The number of carbonyl (C=O) groups is 1. The first-order valence-corrected chi connectivity index (χ1v) is 11.1. The highest BCUT2D eigenvalue weighted by atomic mass is 35.5. The summed E-state index contributed by atoms with van der Waals surface area (Å²) in [7, 11) is 1.62. The first kappa shape index (κ1) is 21.3. The van der Waals surface area contributed by atoms with E-state index in [0.29, 0.717) is 46.3 Å². The van der Waals surface area contributed by atoms with Gasteiger partial charge in [-0.3, -0.25) is 9.69 Å². The maximum atomic E-state index is 13.0. The lowest BCUT2D eigenvalue weighted by molar-refractivity contribution is 0.0996. The first-order valence-electron chi connectivity index (χ1n) is 10.3. The maximum absolute atomic E-state index is 13.0. The molecule has 1 unspecified atom stereocenters. The minimum Gasteiger partial charge on any atom is -0.493 e. The second-order valence-corrected chi connectivity index (χ2v) is 8.72. The van der Waals surface area contributed by atoms with Gasteiger partial charge in [0.2, 0.25) is 0 Å². The summed E-state index contributed by atoms with van der Waals surface area (Å²) in [6, 6.07) is 9.54. The largest absolute Gasteiger partial charge is 0.493 e. The van der Waals surface area contributed by atoms with E-state index < -0.39 is 0 Å². The number of piperidine rings is 1. The monoisotopic (exact) mass is 448 g/mol. The molecule has 0 aliphatic carbocycles. The van der Waals surface area contributed by atoms with E-state index in [1.165, 1.54) is 19.3 Å². The molecule has 7 heteroatoms. The van der Waals surface area contributed by atoms with E-state index in [1.54, 1.807) is 24.1 Å². The summed E-state index contributed by atoms with van der Waals surface area (Å²) in [5.41, 5.74) is 2.08. The highest BCUT2D eigenvalue weighted by molar-refractivity contribution is 6.38. The molecule has 0 N–H and O–H groups in total. The predicted octanol–water partition coefficient (Wildman–Crippen LogP) is 5.42. The lowest BCUT2D eigenvalue weighted by Gasteiger charge is -2.33. The summed E-state index contributed by atoms with van der Waals surface area (Å²) in [6.45, 7) is 5.25. The Morgan fingerprint density at radius 2 is 1.97 bits per heavy atom. The molecule has 1 saturated heterocycles. The quantitative estimate of drug-likeness (QED) is 0.591. The fraction of sp³-hybridized carbons (Fsp3) is 0.435. The zero-order valence-electron chi connectivity index (χ0n) is 17.3. The van der Waals surface area contributed by atoms with Crippen molar-refractivity contribution < 1.29 is 14.3 Å². The number of methoxy groups -OCH3 is 1. The van der Waals surface area contributed by atoms with Gasteiger partial charge in [0.05, 0.1) is 24.2 Å². The van der Waals surface area contributed by atoms with Gasteiger partial charge in [-0.25, -0.2) is 0 Å². The zero-order chi connectivity index (χ0) is 21.3. The number of benzene rings is 2. The summed E-state index contributed by atoms with van der Waals surface area (Å²) < 4.78 is 11.6. The number of ether oxygens (including phenoxy) is 2. The van der Waals surface area contributed by atoms with Crippen LogP contribution in [0.5, 0.6) is 11.5 Å². The number of hydrogen-bond donors (Lipinski definition) is 0. The van der Waals surface area contributed by atoms with Gasteiger partial charge in [0.25, 0.3) is 5.91 Å². The third kappa shape index (κ3) is 4.25. The molecule has 1 fully saturated rings. The van der Waals surface area contributed by atoms with E-state index in [1.807, 2.05) is 18.2 Å². The molecule has 160 valence electrons. The molecule has 30 heavy (non-hydrogen) atoms. The van der Waals surface area contributed by atoms with Gasteiger partial charge >= 0.3 is 0 Å². The molecule has 0 saturated carbocycles. The molecule has 2 aliphatic heterocycles. The third-order valence-corrected chi connectivity index (χ3v) is 6.48. The number of amides is 1. The van der Waals surface area contributed by atoms with Crippen LogP contribution in [-0.2, 0) is 6.54 Å². The van der Waals surface area contributed by atoms with Gasteiger partial charge in [-0.05, 0) is 56.1 Å². The van der Waals surface area contributed by atoms with Crippen molar-refractivity contribution in [1.29, 1.82) is 0 Å². The number of carbonyl (C=O) groups excluding carboxylic acids is 1. The van der Waals surface area contributed by atoms with Crippen LogP contribution >= 0.6 is 23.2 Å². The van der Waals surface area contributed by atoms with Crippen molar-refractivity contribution in [2.24, 2.45) is 0 Å². The number of hydrogen-bond acceptors (Lipinski definition) is 4. The van der Waals surface area contributed by atoms with Crippen molar-refractivity contribution >= 4 is 34.8 Å². The molecule has 1 amide bonds. The molecule has 2 aliphatic rings. The molecule has 2 heterocycles. The van der Waals surface area contributed by atoms with E-state index in [4.69, 9.17) is 32.7 Å². The van der Waals surface area contributed by atoms with Gasteiger partial charge in [-0.1, -0.05) is 29.6 Å². The molecule has 1 atom stereocenters. The fourth-order valence-electron chi connectivity index (χ4n) is 4.29. The standard InChI is InChI=1S/C23H26Cl2N2O3/c1-15-5-3-4-8-26(15)9-10-30-21-13-18(6-7-20(21)29-2)27-14-16-11-17(24)12-19(25)22(16)23(27)28/h6-7,11-13,15H,3-5,8-10,14H2,1-2H3. The average molecular weight is 449 g/mol. The van der Waals surface area contributed by atoms with Gasteiger partial charge in [0.15, 0.2) is 11.5 Å². The summed E-state index contributed by atoms with van der Waals surface area (Å²) in [6.07, 6.45) is 3.78. The zero-order valence-corrected chi connectivity index (χ0v) is 18.8. The SMILES string of the molecule is COc1ccc(N2Cc3cc(Cl)cc(Cl)c3C2=O)cc1OCCN1CCCCC1C. The van der Waals surface area contributed by atoms with Crippen molar-refractivity contribution in [2.75, 3.05) is 31.7 Å². The van der Waals surface area contributed by atoms with E-state index in [9.17, 15) is 4.79 Å². The normalized spacial score (nSPS) is 19.1. The van der Waals surface area contributed by atoms with E-state index >= 15 is 0 Å². The summed E-state index contributed by atoms with van der Waals surface area (Å²) in [4.78, 5) is 17.1. The topological polar surface area (TPSA) is 42.0 Å². The fourth-order valence-corrected chi connectivity index (χ4v) is 4.90. The Balaban J connectivity index is 1.50. The Kier molecular flexibility index (Phi) is 6.42. The number of fused-ring (bicyclic) bond motifs is 1. The van der Waals surface area contributed by atoms with Crippen molar-refractivity contribution in [1.82, 2.24) is 4.90 Å². The lowest BCUT2D eigenvalue weighted by atomic mass is 10.0. The Labute approximate surface area is 187 Å². The van der Waals surface area contributed by atoms with Crippen LogP contribution in [0.4, 0.5) is 5.69 Å². The highest BCUT2D eigenvalue weighted by Crippen LogP contribution is 2.38. The van der Waals surface area contributed by atoms with Crippen LogP contribution in [0.25, 0.3) is 0 Å². The minimum atomic E-state index is -0.134. The van der Waals surface area contributed by atoms with E-state index in [2.05, 4.69) is 11.8 Å². The Morgan fingerprint density at radius 1 is 1.13 bits per heavy atom. The molecular formula is C23H26Cl2N2O3. The van der Waals surface area contributed by atoms with Gasteiger partial charge in [-0.2, -0.15) is 0 Å². The van der Waals surface area contributed by atoms with Gasteiger partial charge < -0.3 is 14.4 Å². The van der Waals surface area contributed by atoms with Crippen molar-refractivity contribution in [3.8, 4) is 11.5 Å². The summed E-state index contributed by atoms with van der Waals surface area (Å²) in [5, 5.41) is 0.907. The predicted molar refractivity (Wildman–Crippen MR) is 120 cm³/mol. The average Bonchev–Trinajstić information content (AvgIpc) is 3.05. The van der Waals surface area contributed by atoms with Crippen LogP contribution in [0.2, 0.25) is 10.0 Å². The van der Waals surface area contributed by atoms with Crippen LogP contribution in [0, 0.1) is 0 Å². The Morgan fingerprint density at radius 3 is 2.73 bits per heavy atom. The van der Waals surface area contributed by atoms with Gasteiger partial charge in [0, 0.05) is 29.4 Å². The summed E-state index contributed by atoms with van der Waals surface area (Å²) in [5.74, 6) is 1.15. The molecule has 5 nitrogen and oxygen atoms in total. The molecule has 0 spiro atoms. The Bertz CT molecular complexity index is 950. The molecule has 0 bridgehead atoms. The second kappa shape index (κ2) is 9.04. The van der Waals surface area contributed by atoms with Crippen LogP contribution in [0.15, 0.2) is 30.3 Å². The molecule has 2 aromatic carbocycles. The van der Waals surface area contributed by atoms with Crippen LogP contribution < -0.4 is 14.4 Å². The van der Waals surface area contributed by atoms with Crippen molar-refractivity contribution in [3.05, 3.63) is 51.5 Å². The van der Waals surface area contributed by atoms with Crippen LogP contribution in [0.3, 0.4) is 0 Å². The first-order chi connectivity index (χ1) is 14.5. The number of nitrogens with zero attached hydrogens (tertiary/aromatic N) is 2. The molecule has 0 radical (unpaired) electrons. The van der Waals surface area contributed by atoms with Crippen molar-refractivity contribution in [2.45, 2.75) is 38.8 Å². The highest BCUT2D eigenvalue weighted by Gasteiger charge is 2.31. The second-order valence-electron chi connectivity index (χ2n) is 7.88. The molecule has 0 aromatic heterocycles. The number of rotatable bonds is 6. The maximum Gasteiger partial charge on any atom is 0.260 e. The molecule has 2 aromatic rings. The lowest BCUT2D eigenvalue weighted by Crippen LogP contribution is -2.39. The van der Waals surface area contributed by atoms with Gasteiger partial charge in [-0.15, -0.1) is 0 Å². The van der Waals surface area contributed by atoms with Crippen molar-refractivity contribution in [3.63, 3.8) is 0 Å². The third-order valence-electron chi connectivity index (χ3n) is 5.96. The van der Waals surface area contributed by atoms with Gasteiger partial charge in [0.1, 0.15) is 6.61 Å². The Hall–Kier alpha value is -1.95. The van der Waals surface area contributed by atoms with Crippen LogP contribution in [-0.4, -0.2) is 43.7 Å². The van der Waals surface area contributed by atoms with Crippen LogP contribution in [0.1, 0.15) is 42.1 Å².